The number of aromatic nitrogens is 1. The van der Waals surface area contributed by atoms with E-state index in [1.807, 2.05) is 31.2 Å². The lowest BCUT2D eigenvalue weighted by atomic mass is 9.93. The first-order chi connectivity index (χ1) is 17.8. The van der Waals surface area contributed by atoms with Gasteiger partial charge >= 0.3 is 5.91 Å². The number of ether oxygens (including phenoxy) is 1. The molecule has 0 bridgehead atoms. The van der Waals surface area contributed by atoms with Gasteiger partial charge in [0, 0.05) is 5.56 Å². The van der Waals surface area contributed by atoms with Gasteiger partial charge in [-0.05, 0) is 66.4 Å². The maximum absolute atomic E-state index is 13.8. The van der Waals surface area contributed by atoms with Crippen LogP contribution in [0.2, 0.25) is 0 Å². The zero-order valence-corrected chi connectivity index (χ0v) is 21.4. The van der Waals surface area contributed by atoms with Crippen LogP contribution in [0.4, 0.5) is 9.52 Å². The van der Waals surface area contributed by atoms with E-state index >= 15 is 0 Å². The van der Waals surface area contributed by atoms with E-state index in [2.05, 4.69) is 18.8 Å². The van der Waals surface area contributed by atoms with Crippen molar-refractivity contribution in [1.82, 2.24) is 4.98 Å². The summed E-state index contributed by atoms with van der Waals surface area (Å²) in [6.07, 6.45) is 0. The number of anilines is 1. The minimum atomic E-state index is -0.904. The molecule has 1 amide bonds. The van der Waals surface area contributed by atoms with Crippen LogP contribution in [0.1, 0.15) is 49.4 Å². The summed E-state index contributed by atoms with van der Waals surface area (Å²) in [5.74, 6) is -1.39. The van der Waals surface area contributed by atoms with Gasteiger partial charge in [-0.1, -0.05) is 49.4 Å². The number of Topliss-reactive ketones (excluding diaryl/α,β-unsaturated/α-hetero) is 1. The highest BCUT2D eigenvalue weighted by atomic mass is 32.1. The zero-order valence-electron chi connectivity index (χ0n) is 20.6. The summed E-state index contributed by atoms with van der Waals surface area (Å²) in [4.78, 5) is 32.6. The Labute approximate surface area is 217 Å². The summed E-state index contributed by atoms with van der Waals surface area (Å²) in [5, 5.41) is 11.6. The summed E-state index contributed by atoms with van der Waals surface area (Å²) in [5.41, 5.74) is 2.63. The first-order valence-corrected chi connectivity index (χ1v) is 12.8. The molecule has 0 aliphatic carbocycles. The number of aliphatic hydroxyl groups is 1. The molecule has 1 unspecified atom stereocenters. The molecule has 1 atom stereocenters. The standard InChI is InChI=1S/C29H25FN2O4S/c1-4-36-21-12-9-19(10-13-21)26(33)24-25(18-7-5-17(6-8-18)16(2)3)32(28(35)27(24)34)29-31-22-14-11-20(30)15-23(22)37-29/h5-16,25,33H,4H2,1-3H3/b26-24+. The minimum Gasteiger partial charge on any atom is -0.507 e. The van der Waals surface area contributed by atoms with Gasteiger partial charge in [-0.3, -0.25) is 14.5 Å². The van der Waals surface area contributed by atoms with Gasteiger partial charge in [0.05, 0.1) is 28.4 Å². The third-order valence-corrected chi connectivity index (χ3v) is 7.36. The molecule has 1 aliphatic heterocycles. The third-order valence-electron chi connectivity index (χ3n) is 6.35. The molecule has 3 aromatic carbocycles. The van der Waals surface area contributed by atoms with Gasteiger partial charge < -0.3 is 9.84 Å². The van der Waals surface area contributed by atoms with E-state index < -0.39 is 23.5 Å². The second-order valence-electron chi connectivity index (χ2n) is 9.06. The highest BCUT2D eigenvalue weighted by Crippen LogP contribution is 2.44. The normalized spacial score (nSPS) is 17.2. The average molecular weight is 517 g/mol. The first kappa shape index (κ1) is 24.6. The van der Waals surface area contributed by atoms with Crippen LogP contribution in [0.15, 0.2) is 72.3 Å². The number of amides is 1. The highest BCUT2D eigenvalue weighted by Gasteiger charge is 2.48. The molecular weight excluding hydrogens is 491 g/mol. The number of aliphatic hydroxyl groups excluding tert-OH is 1. The van der Waals surface area contributed by atoms with Gasteiger partial charge in [0.15, 0.2) is 5.13 Å². The molecule has 37 heavy (non-hydrogen) atoms. The zero-order chi connectivity index (χ0) is 26.3. The second-order valence-corrected chi connectivity index (χ2v) is 10.1. The molecule has 4 aromatic rings. The molecule has 1 fully saturated rings. The van der Waals surface area contributed by atoms with E-state index in [1.54, 1.807) is 24.3 Å². The van der Waals surface area contributed by atoms with Crippen molar-refractivity contribution in [1.29, 1.82) is 0 Å². The van der Waals surface area contributed by atoms with Crippen LogP contribution >= 0.6 is 11.3 Å². The van der Waals surface area contributed by atoms with Crippen LogP contribution in [0.3, 0.4) is 0 Å². The first-order valence-electron chi connectivity index (χ1n) is 12.0. The molecule has 5 rings (SSSR count). The van der Waals surface area contributed by atoms with E-state index in [1.165, 1.54) is 23.1 Å². The number of carbonyl (C=O) groups is 2. The third kappa shape index (κ3) is 4.49. The number of fused-ring (bicyclic) bond motifs is 1. The Morgan fingerprint density at radius 1 is 1.08 bits per heavy atom. The van der Waals surface area contributed by atoms with Crippen molar-refractivity contribution in [3.05, 3.63) is 94.8 Å². The average Bonchev–Trinajstić information content (AvgIpc) is 3.42. The van der Waals surface area contributed by atoms with E-state index in [-0.39, 0.29) is 16.5 Å². The summed E-state index contributed by atoms with van der Waals surface area (Å²) in [6, 6.07) is 17.6. The van der Waals surface area contributed by atoms with E-state index in [0.29, 0.717) is 39.6 Å². The lowest BCUT2D eigenvalue weighted by molar-refractivity contribution is -0.132. The maximum atomic E-state index is 13.8. The monoisotopic (exact) mass is 516 g/mol. The summed E-state index contributed by atoms with van der Waals surface area (Å²) in [6.45, 7) is 6.52. The highest BCUT2D eigenvalue weighted by molar-refractivity contribution is 7.22. The van der Waals surface area contributed by atoms with Gasteiger partial charge in [0.1, 0.15) is 17.3 Å². The van der Waals surface area contributed by atoms with Crippen LogP contribution in [0.5, 0.6) is 5.75 Å². The predicted octanol–water partition coefficient (Wildman–Crippen LogP) is 6.58. The van der Waals surface area contributed by atoms with Gasteiger partial charge in [0.2, 0.25) is 0 Å². The van der Waals surface area contributed by atoms with E-state index in [9.17, 15) is 19.1 Å². The van der Waals surface area contributed by atoms with Crippen molar-refractivity contribution in [2.75, 3.05) is 11.5 Å². The Bertz CT molecular complexity index is 1520. The second kappa shape index (κ2) is 9.78. The lowest BCUT2D eigenvalue weighted by Crippen LogP contribution is -2.29. The fraction of sp³-hybridized carbons (Fsp3) is 0.207. The molecule has 0 radical (unpaired) electrons. The predicted molar refractivity (Wildman–Crippen MR) is 143 cm³/mol. The van der Waals surface area contributed by atoms with Crippen molar-refractivity contribution in [2.24, 2.45) is 0 Å². The fourth-order valence-electron chi connectivity index (χ4n) is 4.43. The van der Waals surface area contributed by atoms with Crippen molar-refractivity contribution in [3.63, 3.8) is 0 Å². The molecule has 1 saturated heterocycles. The van der Waals surface area contributed by atoms with Gasteiger partial charge in [-0.25, -0.2) is 9.37 Å². The van der Waals surface area contributed by atoms with Crippen LogP contribution in [0, 0.1) is 5.82 Å². The topological polar surface area (TPSA) is 79.7 Å². The van der Waals surface area contributed by atoms with Gasteiger partial charge in [-0.2, -0.15) is 0 Å². The van der Waals surface area contributed by atoms with E-state index in [0.717, 1.165) is 16.9 Å². The smallest absolute Gasteiger partial charge is 0.301 e. The van der Waals surface area contributed by atoms with Gasteiger partial charge in [0.25, 0.3) is 5.78 Å². The summed E-state index contributed by atoms with van der Waals surface area (Å²) in [7, 11) is 0. The molecule has 1 aliphatic rings. The molecule has 188 valence electrons. The molecule has 1 aromatic heterocycles. The number of ketones is 1. The Kier molecular flexibility index (Phi) is 6.52. The quantitative estimate of drug-likeness (QED) is 0.178. The fourth-order valence-corrected chi connectivity index (χ4v) is 5.45. The van der Waals surface area contributed by atoms with Crippen LogP contribution < -0.4 is 9.64 Å². The molecule has 6 nitrogen and oxygen atoms in total. The minimum absolute atomic E-state index is 0.0307. The summed E-state index contributed by atoms with van der Waals surface area (Å²) < 4.78 is 19.9. The number of halogens is 1. The van der Waals surface area contributed by atoms with Crippen molar-refractivity contribution < 1.29 is 23.8 Å². The number of nitrogens with zero attached hydrogens (tertiary/aromatic N) is 2. The van der Waals surface area contributed by atoms with Crippen molar-refractivity contribution >= 4 is 44.1 Å². The molecule has 8 heteroatoms. The van der Waals surface area contributed by atoms with Crippen molar-refractivity contribution in [2.45, 2.75) is 32.7 Å². The SMILES string of the molecule is CCOc1ccc(/C(O)=C2\C(=O)C(=O)N(c3nc4ccc(F)cc4s3)C2c2ccc(C(C)C)cc2)cc1. The molecule has 1 N–H and O–H groups in total. The molecule has 0 spiro atoms. The van der Waals surface area contributed by atoms with Crippen LogP contribution in [-0.2, 0) is 9.59 Å². The maximum Gasteiger partial charge on any atom is 0.301 e. The largest absolute Gasteiger partial charge is 0.507 e. The molecule has 0 saturated carbocycles. The number of hydrogen-bond donors (Lipinski definition) is 1. The molecular formula is C29H25FN2O4S. The number of carbonyl (C=O) groups excluding carboxylic acids is 2. The molecule has 2 heterocycles. The number of thiazole rings is 1. The number of hydrogen-bond acceptors (Lipinski definition) is 6. The van der Waals surface area contributed by atoms with E-state index in [4.69, 9.17) is 4.74 Å². The lowest BCUT2D eigenvalue weighted by Gasteiger charge is -2.23. The Morgan fingerprint density at radius 3 is 2.43 bits per heavy atom. The Morgan fingerprint density at radius 2 is 1.78 bits per heavy atom. The number of benzene rings is 3. The van der Waals surface area contributed by atoms with Gasteiger partial charge in [-0.15, -0.1) is 0 Å². The summed E-state index contributed by atoms with van der Waals surface area (Å²) >= 11 is 1.12. The number of rotatable bonds is 6. The Hall–Kier alpha value is -4.04. The Balaban J connectivity index is 1.68. The van der Waals surface area contributed by atoms with Crippen molar-refractivity contribution in [3.8, 4) is 5.75 Å². The van der Waals surface area contributed by atoms with Crippen LogP contribution in [0.25, 0.3) is 16.0 Å². The van der Waals surface area contributed by atoms with Crippen LogP contribution in [-0.4, -0.2) is 28.4 Å².